The van der Waals surface area contributed by atoms with Gasteiger partial charge in [-0.15, -0.1) is 11.3 Å². The topological polar surface area (TPSA) is 32.3 Å². The second-order valence-corrected chi connectivity index (χ2v) is 18.1. The lowest BCUT2D eigenvalue weighted by Crippen LogP contribution is -2.28. The predicted molar refractivity (Wildman–Crippen MR) is 279 cm³/mol. The molecule has 1 aromatic heterocycles. The third-order valence-corrected chi connectivity index (χ3v) is 14.5. The van der Waals surface area contributed by atoms with Crippen molar-refractivity contribution in [3.05, 3.63) is 206 Å². The fraction of sp³-hybridized carbons (Fsp3) is 0.0517. The van der Waals surface area contributed by atoms with Crippen LogP contribution in [0.4, 0.5) is 85.3 Å². The Morgan fingerprint density at radius 2 is 0.697 bits per heavy atom. The lowest BCUT2D eigenvalue weighted by atomic mass is 9.94. The Morgan fingerprint density at radius 1 is 0.333 bits per heavy atom. The van der Waals surface area contributed by atoms with Gasteiger partial charge in [0, 0.05) is 38.0 Å². The molecule has 0 saturated heterocycles. The van der Waals surface area contributed by atoms with Crippen molar-refractivity contribution in [1.29, 1.82) is 0 Å². The first-order chi connectivity index (χ1) is 32.5. The van der Waals surface area contributed by atoms with E-state index < -0.39 is 0 Å². The van der Waals surface area contributed by atoms with Crippen molar-refractivity contribution in [3.8, 4) is 21.7 Å². The molecular weight excluding hydrogens is 827 g/mol. The molecule has 3 aliphatic heterocycles. The number of fused-ring (bicyclic) bond motifs is 7. The zero-order valence-electron chi connectivity index (χ0n) is 36.7. The average Bonchev–Trinajstić information content (AvgIpc) is 3.82. The van der Waals surface area contributed by atoms with E-state index in [0.29, 0.717) is 0 Å². The third kappa shape index (κ3) is 5.71. The summed E-state index contributed by atoms with van der Waals surface area (Å²) in [5, 5.41) is 1.01. The molecule has 9 aromatic carbocycles. The average molecular weight is 870 g/mol. The molecule has 0 atom stereocenters. The highest BCUT2D eigenvalue weighted by atomic mass is 32.1. The Kier molecular flexibility index (Phi) is 8.60. The molecule has 316 valence electrons. The summed E-state index contributed by atoms with van der Waals surface area (Å²) in [5.74, 6) is 0. The summed E-state index contributed by atoms with van der Waals surface area (Å²) < 4.78 is 1.18. The standard InChI is InChI=1S/C58H43N7S/c1-60-43-19-5-11-25-49(43)63(50-26-12-6-20-44(50)60)40-36-41(38-32-34-39(35-33-38)58-59-42-18-4-17-31-56(42)66-58)57(65-53-29-15-9-23-47(53)62(3)48-24-10-16-30-54(48)65)55(37-40)64-51-27-13-7-21-45(51)61(2)46-22-8-14-28-52(46)64/h4-37H,1-3H3. The van der Waals surface area contributed by atoms with E-state index in [1.807, 2.05) is 0 Å². The normalized spacial score (nSPS) is 13.5. The van der Waals surface area contributed by atoms with E-state index in [-0.39, 0.29) is 0 Å². The number of hydrogen-bond acceptors (Lipinski definition) is 8. The molecule has 0 N–H and O–H groups in total. The Hall–Kier alpha value is -8.33. The number of thiazole rings is 1. The number of hydrogen-bond donors (Lipinski definition) is 0. The van der Waals surface area contributed by atoms with E-state index in [9.17, 15) is 0 Å². The molecule has 0 saturated carbocycles. The molecule has 0 bridgehead atoms. The Morgan fingerprint density at radius 3 is 1.14 bits per heavy atom. The van der Waals surface area contributed by atoms with Crippen LogP contribution in [0.5, 0.6) is 0 Å². The summed E-state index contributed by atoms with van der Waals surface area (Å²) in [7, 11) is 6.52. The zero-order valence-corrected chi connectivity index (χ0v) is 37.5. The fourth-order valence-electron chi connectivity index (χ4n) is 10.3. The smallest absolute Gasteiger partial charge is 0.124 e. The summed E-state index contributed by atoms with van der Waals surface area (Å²) in [6.07, 6.45) is 0. The van der Waals surface area contributed by atoms with Crippen LogP contribution in [0.3, 0.4) is 0 Å². The molecule has 10 aromatic rings. The molecule has 0 spiro atoms. The van der Waals surface area contributed by atoms with E-state index in [2.05, 4.69) is 257 Å². The van der Waals surface area contributed by atoms with E-state index in [0.717, 1.165) is 113 Å². The van der Waals surface area contributed by atoms with Crippen LogP contribution in [0.25, 0.3) is 31.9 Å². The predicted octanol–water partition coefficient (Wildman–Crippen LogP) is 16.3. The molecule has 0 aliphatic carbocycles. The van der Waals surface area contributed by atoms with Crippen molar-refractivity contribution < 1.29 is 0 Å². The van der Waals surface area contributed by atoms with Gasteiger partial charge in [-0.3, -0.25) is 0 Å². The fourth-order valence-corrected chi connectivity index (χ4v) is 11.3. The van der Waals surface area contributed by atoms with Gasteiger partial charge in [0.2, 0.25) is 0 Å². The maximum absolute atomic E-state index is 5.07. The largest absolute Gasteiger partial charge is 0.341 e. The molecular formula is C58H43N7S. The molecule has 0 amide bonds. The first-order valence-corrected chi connectivity index (χ1v) is 23.1. The van der Waals surface area contributed by atoms with Crippen molar-refractivity contribution in [2.75, 3.05) is 50.5 Å². The minimum atomic E-state index is 1.01. The quantitative estimate of drug-likeness (QED) is 0.170. The van der Waals surface area contributed by atoms with Gasteiger partial charge >= 0.3 is 0 Å². The van der Waals surface area contributed by atoms with Crippen LogP contribution in [0, 0.1) is 0 Å². The number of anilines is 15. The second-order valence-electron chi connectivity index (χ2n) is 17.0. The van der Waals surface area contributed by atoms with E-state index >= 15 is 0 Å². The van der Waals surface area contributed by atoms with Gasteiger partial charge in [-0.05, 0) is 103 Å². The zero-order chi connectivity index (χ0) is 44.0. The highest BCUT2D eigenvalue weighted by Gasteiger charge is 2.37. The molecule has 0 unspecified atom stereocenters. The van der Waals surface area contributed by atoms with Crippen molar-refractivity contribution in [2.24, 2.45) is 0 Å². The van der Waals surface area contributed by atoms with Crippen LogP contribution >= 0.6 is 11.3 Å². The van der Waals surface area contributed by atoms with Gasteiger partial charge in [-0.1, -0.05) is 109 Å². The van der Waals surface area contributed by atoms with Crippen LogP contribution in [0.2, 0.25) is 0 Å². The van der Waals surface area contributed by atoms with Crippen LogP contribution in [-0.4, -0.2) is 26.1 Å². The number of aromatic nitrogens is 1. The second kappa shape index (κ2) is 14.9. The maximum atomic E-state index is 5.07. The van der Waals surface area contributed by atoms with Gasteiger partial charge < -0.3 is 29.4 Å². The molecule has 8 heteroatoms. The van der Waals surface area contributed by atoms with Gasteiger partial charge in [-0.2, -0.15) is 0 Å². The van der Waals surface area contributed by atoms with Crippen molar-refractivity contribution in [3.63, 3.8) is 0 Å². The Balaban J connectivity index is 1.16. The molecule has 3 aliphatic rings. The van der Waals surface area contributed by atoms with Gasteiger partial charge in [0.1, 0.15) is 5.01 Å². The Bertz CT molecular complexity index is 3370. The maximum Gasteiger partial charge on any atom is 0.124 e. The van der Waals surface area contributed by atoms with Crippen molar-refractivity contribution in [1.82, 2.24) is 4.98 Å². The number of rotatable bonds is 5. The minimum Gasteiger partial charge on any atom is -0.341 e. The molecule has 7 nitrogen and oxygen atoms in total. The minimum absolute atomic E-state index is 1.01. The highest BCUT2D eigenvalue weighted by molar-refractivity contribution is 7.21. The summed E-state index contributed by atoms with van der Waals surface area (Å²) in [4.78, 5) is 19.5. The SMILES string of the molecule is CN1c2ccccc2N(c2cc(-c3ccc(-c4nc5ccccc5s4)cc3)c(N3c4ccccc4N(C)c4ccccc43)c(N3c4ccccc4N(C)c4ccccc43)c2)c2ccccc21. The van der Waals surface area contributed by atoms with Crippen LogP contribution in [-0.2, 0) is 0 Å². The van der Waals surface area contributed by atoms with Crippen molar-refractivity contribution in [2.45, 2.75) is 0 Å². The van der Waals surface area contributed by atoms with Crippen LogP contribution in [0.15, 0.2) is 206 Å². The molecule has 0 radical (unpaired) electrons. The van der Waals surface area contributed by atoms with Gasteiger partial charge in [-0.25, -0.2) is 4.98 Å². The summed E-state index contributed by atoms with van der Waals surface area (Å²) in [6, 6.07) is 75.0. The van der Waals surface area contributed by atoms with Gasteiger partial charge in [0.15, 0.2) is 0 Å². The summed E-state index contributed by atoms with van der Waals surface area (Å²) in [5.41, 5.74) is 20.9. The van der Waals surface area contributed by atoms with Crippen LogP contribution in [0.1, 0.15) is 0 Å². The first kappa shape index (κ1) is 38.2. The van der Waals surface area contributed by atoms with Gasteiger partial charge in [0.25, 0.3) is 0 Å². The lowest BCUT2D eigenvalue weighted by Gasteiger charge is -2.44. The summed E-state index contributed by atoms with van der Waals surface area (Å²) in [6.45, 7) is 0. The molecule has 4 heterocycles. The highest BCUT2D eigenvalue weighted by Crippen LogP contribution is 2.61. The molecule has 66 heavy (non-hydrogen) atoms. The number of para-hydroxylation sites is 13. The number of benzene rings is 9. The van der Waals surface area contributed by atoms with Crippen molar-refractivity contribution >= 4 is 107 Å². The molecule has 0 fully saturated rings. The molecule has 13 rings (SSSR count). The Labute approximate surface area is 388 Å². The van der Waals surface area contributed by atoms with E-state index in [4.69, 9.17) is 4.98 Å². The third-order valence-electron chi connectivity index (χ3n) is 13.4. The van der Waals surface area contributed by atoms with E-state index in [1.165, 1.54) is 4.70 Å². The van der Waals surface area contributed by atoms with Crippen LogP contribution < -0.4 is 29.4 Å². The first-order valence-electron chi connectivity index (χ1n) is 22.3. The monoisotopic (exact) mass is 869 g/mol. The number of nitrogens with zero attached hydrogens (tertiary/aromatic N) is 7. The summed E-state index contributed by atoms with van der Waals surface area (Å²) >= 11 is 1.73. The van der Waals surface area contributed by atoms with E-state index in [1.54, 1.807) is 11.3 Å². The van der Waals surface area contributed by atoms with Gasteiger partial charge in [0.05, 0.1) is 89.8 Å². The lowest BCUT2D eigenvalue weighted by molar-refractivity contribution is 1.10.